The minimum Gasteiger partial charge on any atom is -0.465 e. The maximum absolute atomic E-state index is 13.7. The summed E-state index contributed by atoms with van der Waals surface area (Å²) in [4.78, 5) is 108. The van der Waals surface area contributed by atoms with Gasteiger partial charge in [0.25, 0.3) is 17.7 Å². The van der Waals surface area contributed by atoms with Crippen LogP contribution in [0.2, 0.25) is 0 Å². The third-order valence-electron chi connectivity index (χ3n) is 16.9. The molecule has 0 spiro atoms. The Hall–Kier alpha value is -11.4. The Kier molecular flexibility index (Phi) is 27.0. The summed E-state index contributed by atoms with van der Waals surface area (Å²) in [6.45, 7) is 18.8. The Morgan fingerprint density at radius 2 is 0.676 bits per heavy atom. The second kappa shape index (κ2) is 37.2. The summed E-state index contributed by atoms with van der Waals surface area (Å²) in [5, 5.41) is 17.6. The zero-order valence-electron chi connectivity index (χ0n) is 59.1. The number of nitrogens with zero attached hydrogens (tertiary/aromatic N) is 9. The number of esters is 3. The molecule has 3 amide bonds. The lowest BCUT2D eigenvalue weighted by Gasteiger charge is -2.28. The van der Waals surface area contributed by atoms with E-state index < -0.39 is 35.6 Å². The molecule has 9 aromatic rings. The van der Waals surface area contributed by atoms with Crippen molar-refractivity contribution in [2.24, 2.45) is 0 Å². The summed E-state index contributed by atoms with van der Waals surface area (Å²) < 4.78 is 72.2. The van der Waals surface area contributed by atoms with Crippen LogP contribution in [0, 0.1) is 17.5 Å². The second-order valence-electron chi connectivity index (χ2n) is 24.4. The lowest BCUT2D eigenvalue weighted by atomic mass is 10.0. The summed E-state index contributed by atoms with van der Waals surface area (Å²) in [6, 6.07) is 27.6. The third kappa shape index (κ3) is 21.2. The lowest BCUT2D eigenvalue weighted by molar-refractivity contribution is -0.142. The summed E-state index contributed by atoms with van der Waals surface area (Å²) >= 11 is 0. The number of carbonyl (C=O) groups excluding carboxylic acids is 6. The van der Waals surface area contributed by atoms with Crippen LogP contribution >= 0.6 is 0 Å². The number of morpholine rings is 3. The van der Waals surface area contributed by atoms with Gasteiger partial charge in [0.05, 0.1) is 129 Å². The molecule has 552 valence electrons. The fourth-order valence-corrected chi connectivity index (χ4v) is 11.7. The topological polar surface area (TPSA) is 317 Å². The molecule has 0 saturated carbocycles. The van der Waals surface area contributed by atoms with Crippen LogP contribution in [0.4, 0.5) is 47.7 Å². The largest absolute Gasteiger partial charge is 0.465 e. The first-order valence-electron chi connectivity index (χ1n) is 34.6. The fraction of sp³-hybridized carbons (Fsp3) is 0.360. The van der Waals surface area contributed by atoms with Crippen molar-refractivity contribution >= 4 is 103 Å². The van der Waals surface area contributed by atoms with Gasteiger partial charge in [0, 0.05) is 89.7 Å². The van der Waals surface area contributed by atoms with E-state index in [0.29, 0.717) is 146 Å². The van der Waals surface area contributed by atoms with Gasteiger partial charge in [-0.05, 0) is 133 Å². The normalized spacial score (nSPS) is 14.4. The molecule has 3 aliphatic heterocycles. The molecule has 12 rings (SSSR count). The first-order valence-corrected chi connectivity index (χ1v) is 34.6. The molecule has 6 heterocycles. The molecule has 3 saturated heterocycles. The molecular weight excluding hydrogens is 1360 g/mol. The van der Waals surface area contributed by atoms with Crippen molar-refractivity contribution in [2.45, 2.75) is 59.7 Å². The SMILES string of the molecule is CCOC(=O)CNC(=O)c1cc(C(C)Nc2cccc(F)c2)c2nc(N3CCOCC3)cnc2c1.CCOC(=O)CNC(=O)c1cc(C(C)Nc2cccc(F)c2)c2nc(N3CCOCC3)cnc2c1.CCOC(=O)CNC(=O)c1cc(C(C)Nc2cccc(F)c2)c2nc(N3CCOCC3)cnc2c1. The van der Waals surface area contributed by atoms with Gasteiger partial charge >= 0.3 is 17.9 Å². The van der Waals surface area contributed by atoms with Crippen molar-refractivity contribution < 1.29 is 70.4 Å². The van der Waals surface area contributed by atoms with Crippen LogP contribution in [0.5, 0.6) is 0 Å². The van der Waals surface area contributed by atoms with E-state index in [2.05, 4.69) is 61.6 Å². The number of carbonyl (C=O) groups is 6. The Labute approximate surface area is 604 Å². The molecule has 27 nitrogen and oxygen atoms in total. The molecule has 105 heavy (non-hydrogen) atoms. The molecular formula is C75H84F3N15O12. The number of halogens is 3. The van der Waals surface area contributed by atoms with E-state index in [0.717, 1.165) is 34.1 Å². The van der Waals surface area contributed by atoms with Crippen molar-refractivity contribution in [1.82, 2.24) is 45.9 Å². The highest BCUT2D eigenvalue weighted by Crippen LogP contribution is 2.33. The highest BCUT2D eigenvalue weighted by Gasteiger charge is 2.25. The number of anilines is 6. The number of ether oxygens (including phenoxy) is 6. The Bertz CT molecular complexity index is 4100. The smallest absolute Gasteiger partial charge is 0.325 e. The number of rotatable bonds is 24. The molecule has 30 heteroatoms. The number of aromatic nitrogens is 6. The predicted octanol–water partition coefficient (Wildman–Crippen LogP) is 9.21. The Morgan fingerprint density at radius 3 is 0.924 bits per heavy atom. The molecule has 3 atom stereocenters. The van der Waals surface area contributed by atoms with Crippen molar-refractivity contribution in [3.63, 3.8) is 0 Å². The van der Waals surface area contributed by atoms with E-state index in [1.807, 2.05) is 20.8 Å². The molecule has 0 radical (unpaired) electrons. The Morgan fingerprint density at radius 1 is 0.410 bits per heavy atom. The van der Waals surface area contributed by atoms with Crippen LogP contribution in [0.15, 0.2) is 128 Å². The molecule has 3 aromatic heterocycles. The van der Waals surface area contributed by atoms with Crippen molar-refractivity contribution in [3.8, 4) is 0 Å². The van der Waals surface area contributed by atoms with E-state index in [1.165, 1.54) is 36.4 Å². The molecule has 6 aromatic carbocycles. The number of hydrogen-bond donors (Lipinski definition) is 6. The van der Waals surface area contributed by atoms with Crippen LogP contribution in [-0.4, -0.2) is 184 Å². The zero-order valence-corrected chi connectivity index (χ0v) is 59.1. The quantitative estimate of drug-likeness (QED) is 0.0242. The molecule has 0 bridgehead atoms. The highest BCUT2D eigenvalue weighted by molar-refractivity contribution is 6.02. The average Bonchev–Trinajstić information content (AvgIpc) is 0.791. The van der Waals surface area contributed by atoms with Gasteiger partial charge in [0.2, 0.25) is 0 Å². The van der Waals surface area contributed by atoms with Gasteiger partial charge < -0.3 is 75.0 Å². The van der Waals surface area contributed by atoms with Crippen LogP contribution in [-0.2, 0) is 42.8 Å². The average molecular weight is 1440 g/mol. The number of hydrogen-bond acceptors (Lipinski definition) is 24. The van der Waals surface area contributed by atoms with Gasteiger partial charge in [-0.3, -0.25) is 43.7 Å². The van der Waals surface area contributed by atoms with E-state index in [4.69, 9.17) is 43.4 Å². The molecule has 3 fully saturated rings. The van der Waals surface area contributed by atoms with E-state index in [-0.39, 0.29) is 75.0 Å². The van der Waals surface area contributed by atoms with Crippen LogP contribution < -0.4 is 46.6 Å². The van der Waals surface area contributed by atoms with Crippen molar-refractivity contribution in [1.29, 1.82) is 0 Å². The van der Waals surface area contributed by atoms with Crippen molar-refractivity contribution in [3.05, 3.63) is 179 Å². The standard InChI is InChI=1S/3C25H28FN5O4/c3*1-3-35-23(32)15-28-25(33)17-11-20(16(2)29-19-6-4-5-18(26)13-19)24-21(12-17)27-14-22(30-24)31-7-9-34-10-8-31/h3*4-6,11-14,16,29H,3,7-10,15H2,1-2H3,(H,28,33). The van der Waals surface area contributed by atoms with E-state index in [1.54, 1.807) is 112 Å². The Balaban J connectivity index is 0.000000169. The van der Waals surface area contributed by atoms with E-state index in [9.17, 15) is 41.9 Å². The lowest BCUT2D eigenvalue weighted by Crippen LogP contribution is -2.36. The maximum atomic E-state index is 13.7. The zero-order chi connectivity index (χ0) is 74.4. The maximum Gasteiger partial charge on any atom is 0.325 e. The second-order valence-corrected chi connectivity index (χ2v) is 24.4. The van der Waals surface area contributed by atoms with Gasteiger partial charge in [0.1, 0.15) is 54.5 Å². The molecule has 6 N–H and O–H groups in total. The summed E-state index contributed by atoms with van der Waals surface area (Å²) in [6.07, 6.45) is 5.05. The monoisotopic (exact) mass is 1440 g/mol. The van der Waals surface area contributed by atoms with Crippen LogP contribution in [0.25, 0.3) is 33.1 Å². The highest BCUT2D eigenvalue weighted by atomic mass is 19.1. The molecule has 0 aliphatic carbocycles. The first-order chi connectivity index (χ1) is 50.8. The number of benzene rings is 6. The summed E-state index contributed by atoms with van der Waals surface area (Å²) in [5.74, 6) is -1.74. The summed E-state index contributed by atoms with van der Waals surface area (Å²) in [7, 11) is 0. The van der Waals surface area contributed by atoms with Gasteiger partial charge in [-0.15, -0.1) is 0 Å². The minimum atomic E-state index is -0.516. The summed E-state index contributed by atoms with van der Waals surface area (Å²) in [5.41, 5.74) is 8.44. The fourth-order valence-electron chi connectivity index (χ4n) is 11.7. The number of nitrogens with one attached hydrogen (secondary N) is 6. The number of amides is 3. The third-order valence-corrected chi connectivity index (χ3v) is 16.9. The van der Waals surface area contributed by atoms with E-state index >= 15 is 0 Å². The molecule has 3 unspecified atom stereocenters. The molecule has 3 aliphatic rings. The van der Waals surface area contributed by atoms with Crippen LogP contribution in [0.1, 0.15) is 107 Å². The van der Waals surface area contributed by atoms with Crippen molar-refractivity contribution in [2.75, 3.05) is 149 Å². The minimum absolute atomic E-state index is 0.235. The predicted molar refractivity (Wildman–Crippen MR) is 390 cm³/mol. The number of fused-ring (bicyclic) bond motifs is 3. The van der Waals surface area contributed by atoms with Gasteiger partial charge in [0.15, 0.2) is 0 Å². The van der Waals surface area contributed by atoms with Gasteiger partial charge in [-0.1, -0.05) is 18.2 Å². The van der Waals surface area contributed by atoms with Gasteiger partial charge in [-0.25, -0.2) is 28.1 Å². The first kappa shape index (κ1) is 76.3. The van der Waals surface area contributed by atoms with Gasteiger partial charge in [-0.2, -0.15) is 0 Å². The van der Waals surface area contributed by atoms with Crippen LogP contribution in [0.3, 0.4) is 0 Å².